The predicted octanol–water partition coefficient (Wildman–Crippen LogP) is 0.503. The van der Waals surface area contributed by atoms with Crippen LogP contribution in [0.5, 0.6) is 0 Å². The highest BCUT2D eigenvalue weighted by molar-refractivity contribution is 5.77. The maximum atomic E-state index is 12.0. The molecule has 2 aromatic rings. The number of amides is 1. The maximum absolute atomic E-state index is 12.0. The standard InChI is InChI=1S/C15H20N4O4/c1-2-5-11(14(21)22)10-16-13(20)7-9-19-15(23)18-8-4-3-6-12(18)17-19/h3-4,6,8,11H,2,5,7,9-10H2,1H3,(H,16,20)(H,21,22). The van der Waals surface area contributed by atoms with Gasteiger partial charge in [-0.3, -0.25) is 14.0 Å². The monoisotopic (exact) mass is 320 g/mol. The van der Waals surface area contributed by atoms with Crippen molar-refractivity contribution >= 4 is 17.5 Å². The Hall–Kier alpha value is -2.64. The van der Waals surface area contributed by atoms with Crippen LogP contribution in [0.25, 0.3) is 5.65 Å². The van der Waals surface area contributed by atoms with Crippen molar-refractivity contribution in [2.75, 3.05) is 6.54 Å². The molecule has 0 saturated carbocycles. The highest BCUT2D eigenvalue weighted by atomic mass is 16.4. The number of rotatable bonds is 8. The normalized spacial score (nSPS) is 12.2. The molecule has 0 radical (unpaired) electrons. The van der Waals surface area contributed by atoms with E-state index in [0.717, 1.165) is 6.42 Å². The van der Waals surface area contributed by atoms with E-state index >= 15 is 0 Å². The van der Waals surface area contributed by atoms with Crippen LogP contribution in [0, 0.1) is 5.92 Å². The van der Waals surface area contributed by atoms with E-state index in [1.165, 1.54) is 9.08 Å². The zero-order valence-corrected chi connectivity index (χ0v) is 12.9. The molecule has 23 heavy (non-hydrogen) atoms. The van der Waals surface area contributed by atoms with Gasteiger partial charge in [-0.15, -0.1) is 5.10 Å². The molecule has 0 aliphatic carbocycles. The smallest absolute Gasteiger partial charge is 0.350 e. The first-order chi connectivity index (χ1) is 11.0. The third kappa shape index (κ3) is 4.18. The van der Waals surface area contributed by atoms with Gasteiger partial charge in [0.25, 0.3) is 0 Å². The van der Waals surface area contributed by atoms with Crippen LogP contribution >= 0.6 is 0 Å². The van der Waals surface area contributed by atoms with E-state index in [9.17, 15) is 14.4 Å². The van der Waals surface area contributed by atoms with Crippen molar-refractivity contribution in [3.8, 4) is 0 Å². The molecule has 2 heterocycles. The molecule has 1 unspecified atom stereocenters. The van der Waals surface area contributed by atoms with Crippen molar-refractivity contribution in [2.24, 2.45) is 5.92 Å². The Morgan fingerprint density at radius 1 is 1.39 bits per heavy atom. The highest BCUT2D eigenvalue weighted by Crippen LogP contribution is 2.05. The Morgan fingerprint density at radius 2 is 2.17 bits per heavy atom. The first kappa shape index (κ1) is 16.7. The zero-order chi connectivity index (χ0) is 16.8. The minimum absolute atomic E-state index is 0.0717. The van der Waals surface area contributed by atoms with Gasteiger partial charge in [0, 0.05) is 19.2 Å². The molecule has 124 valence electrons. The Kier molecular flexibility index (Phi) is 5.51. The molecule has 0 saturated heterocycles. The summed E-state index contributed by atoms with van der Waals surface area (Å²) in [6.07, 6.45) is 2.94. The molecular formula is C15H20N4O4. The van der Waals surface area contributed by atoms with Gasteiger partial charge >= 0.3 is 11.7 Å². The van der Waals surface area contributed by atoms with Crippen LogP contribution in [0.4, 0.5) is 0 Å². The summed E-state index contributed by atoms with van der Waals surface area (Å²) >= 11 is 0. The van der Waals surface area contributed by atoms with Crippen molar-refractivity contribution in [2.45, 2.75) is 32.7 Å². The number of nitrogens with one attached hydrogen (secondary N) is 1. The molecule has 1 amide bonds. The average molecular weight is 320 g/mol. The van der Waals surface area contributed by atoms with Gasteiger partial charge in [0.1, 0.15) is 0 Å². The number of pyridine rings is 1. The van der Waals surface area contributed by atoms with Crippen molar-refractivity contribution in [1.29, 1.82) is 0 Å². The Bertz CT molecular complexity index is 749. The molecular weight excluding hydrogens is 300 g/mol. The van der Waals surface area contributed by atoms with E-state index < -0.39 is 11.9 Å². The number of hydrogen-bond acceptors (Lipinski definition) is 4. The van der Waals surface area contributed by atoms with Crippen LogP contribution in [0.2, 0.25) is 0 Å². The fourth-order valence-electron chi connectivity index (χ4n) is 2.31. The van der Waals surface area contributed by atoms with E-state index in [0.29, 0.717) is 12.1 Å². The number of aliphatic carboxylic acids is 1. The summed E-state index contributed by atoms with van der Waals surface area (Å²) in [6, 6.07) is 5.21. The number of aryl methyl sites for hydroxylation is 1. The Balaban J connectivity index is 1.89. The fourth-order valence-corrected chi connectivity index (χ4v) is 2.31. The molecule has 2 aromatic heterocycles. The summed E-state index contributed by atoms with van der Waals surface area (Å²) in [5.74, 6) is -1.79. The van der Waals surface area contributed by atoms with E-state index in [1.54, 1.807) is 24.4 Å². The second-order valence-electron chi connectivity index (χ2n) is 5.31. The number of carbonyl (C=O) groups excluding carboxylic acids is 1. The fraction of sp³-hybridized carbons (Fsp3) is 0.467. The Labute approximate surface area is 132 Å². The second-order valence-corrected chi connectivity index (χ2v) is 5.31. The molecule has 0 aliphatic heterocycles. The average Bonchev–Trinajstić information content (AvgIpc) is 2.86. The number of carboxylic acids is 1. The zero-order valence-electron chi connectivity index (χ0n) is 12.9. The second kappa shape index (κ2) is 7.57. The Morgan fingerprint density at radius 3 is 2.83 bits per heavy atom. The SMILES string of the molecule is CCCC(CNC(=O)CCn1nc2ccccn2c1=O)C(=O)O. The van der Waals surface area contributed by atoms with E-state index in [-0.39, 0.29) is 31.1 Å². The largest absolute Gasteiger partial charge is 0.481 e. The molecule has 0 aromatic carbocycles. The highest BCUT2D eigenvalue weighted by Gasteiger charge is 2.17. The lowest BCUT2D eigenvalue weighted by Gasteiger charge is -2.12. The lowest BCUT2D eigenvalue weighted by molar-refractivity contribution is -0.141. The van der Waals surface area contributed by atoms with Crippen LogP contribution in [0.3, 0.4) is 0 Å². The van der Waals surface area contributed by atoms with Gasteiger partial charge in [0.15, 0.2) is 5.65 Å². The number of carboxylic acid groups (broad SMARTS) is 1. The first-order valence-electron chi connectivity index (χ1n) is 7.56. The maximum Gasteiger partial charge on any atom is 0.350 e. The van der Waals surface area contributed by atoms with Crippen LogP contribution in [-0.2, 0) is 16.1 Å². The molecule has 8 heteroatoms. The summed E-state index contributed by atoms with van der Waals surface area (Å²) in [7, 11) is 0. The summed E-state index contributed by atoms with van der Waals surface area (Å²) in [4.78, 5) is 34.9. The van der Waals surface area contributed by atoms with Crippen molar-refractivity contribution in [3.63, 3.8) is 0 Å². The third-order valence-electron chi connectivity index (χ3n) is 3.57. The van der Waals surface area contributed by atoms with Crippen molar-refractivity contribution < 1.29 is 14.7 Å². The summed E-state index contributed by atoms with van der Waals surface area (Å²) in [6.45, 7) is 2.15. The molecule has 0 bridgehead atoms. The van der Waals surface area contributed by atoms with Gasteiger partial charge in [-0.25, -0.2) is 9.48 Å². The van der Waals surface area contributed by atoms with E-state index in [2.05, 4.69) is 10.4 Å². The number of fused-ring (bicyclic) bond motifs is 1. The van der Waals surface area contributed by atoms with Crippen molar-refractivity contribution in [3.05, 3.63) is 34.9 Å². The minimum Gasteiger partial charge on any atom is -0.481 e. The molecule has 8 nitrogen and oxygen atoms in total. The minimum atomic E-state index is -0.913. The lowest BCUT2D eigenvalue weighted by atomic mass is 10.0. The molecule has 2 rings (SSSR count). The number of aromatic nitrogens is 3. The summed E-state index contributed by atoms with van der Waals surface area (Å²) < 4.78 is 2.63. The van der Waals surface area contributed by atoms with Crippen LogP contribution in [-0.4, -0.2) is 37.7 Å². The van der Waals surface area contributed by atoms with Gasteiger partial charge in [-0.1, -0.05) is 19.4 Å². The van der Waals surface area contributed by atoms with Gasteiger partial charge in [0.2, 0.25) is 5.91 Å². The third-order valence-corrected chi connectivity index (χ3v) is 3.57. The van der Waals surface area contributed by atoms with Gasteiger partial charge in [0.05, 0.1) is 12.5 Å². The predicted molar refractivity (Wildman–Crippen MR) is 83.1 cm³/mol. The quantitative estimate of drug-likeness (QED) is 0.737. The summed E-state index contributed by atoms with van der Waals surface area (Å²) in [5.41, 5.74) is 0.217. The molecule has 0 fully saturated rings. The molecule has 0 aliphatic rings. The van der Waals surface area contributed by atoms with E-state index in [1.807, 2.05) is 6.92 Å². The molecule has 1 atom stereocenters. The number of carbonyl (C=O) groups is 2. The van der Waals surface area contributed by atoms with E-state index in [4.69, 9.17) is 5.11 Å². The number of nitrogens with zero attached hydrogens (tertiary/aromatic N) is 3. The van der Waals surface area contributed by atoms with Gasteiger partial charge in [-0.05, 0) is 18.6 Å². The summed E-state index contributed by atoms with van der Waals surface area (Å²) in [5, 5.41) is 15.8. The first-order valence-corrected chi connectivity index (χ1v) is 7.56. The van der Waals surface area contributed by atoms with Gasteiger partial charge < -0.3 is 10.4 Å². The topological polar surface area (TPSA) is 106 Å². The van der Waals surface area contributed by atoms with Gasteiger partial charge in [-0.2, -0.15) is 0 Å². The lowest BCUT2D eigenvalue weighted by Crippen LogP contribution is -2.34. The molecule has 2 N–H and O–H groups in total. The molecule has 0 spiro atoms. The van der Waals surface area contributed by atoms with Crippen molar-refractivity contribution in [1.82, 2.24) is 19.5 Å². The van der Waals surface area contributed by atoms with Crippen LogP contribution in [0.15, 0.2) is 29.2 Å². The van der Waals surface area contributed by atoms with Crippen LogP contribution < -0.4 is 11.0 Å². The van der Waals surface area contributed by atoms with Crippen LogP contribution in [0.1, 0.15) is 26.2 Å². The number of hydrogen-bond donors (Lipinski definition) is 2.